The lowest BCUT2D eigenvalue weighted by atomic mass is 10.1. The number of ether oxygens (including phenoxy) is 1. The molecule has 4 nitrogen and oxygen atoms in total. The molecule has 0 saturated carbocycles. The lowest BCUT2D eigenvalue weighted by Crippen LogP contribution is -2.10. The molecule has 0 radical (unpaired) electrons. The summed E-state index contributed by atoms with van der Waals surface area (Å²) < 4.78 is 6.58. The molecule has 0 atom stereocenters. The fourth-order valence-corrected chi connectivity index (χ4v) is 2.44. The first-order chi connectivity index (χ1) is 10.1. The lowest BCUT2D eigenvalue weighted by molar-refractivity contribution is 0.0592. The second kappa shape index (κ2) is 5.05. The number of fused-ring (bicyclic) bond motifs is 1. The highest BCUT2D eigenvalue weighted by molar-refractivity contribution is 6.03. The molecule has 1 heterocycles. The van der Waals surface area contributed by atoms with Crippen molar-refractivity contribution < 1.29 is 9.53 Å². The van der Waals surface area contributed by atoms with Gasteiger partial charge in [0.1, 0.15) is 0 Å². The van der Waals surface area contributed by atoms with Gasteiger partial charge in [0.25, 0.3) is 0 Å². The predicted octanol–water partition coefficient (Wildman–Crippen LogP) is 3.43. The zero-order valence-corrected chi connectivity index (χ0v) is 12.3. The predicted molar refractivity (Wildman–Crippen MR) is 81.9 cm³/mol. The van der Waals surface area contributed by atoms with Crippen LogP contribution in [0.2, 0.25) is 0 Å². The molecule has 0 N–H and O–H groups in total. The minimum Gasteiger partial charge on any atom is -0.464 e. The zero-order chi connectivity index (χ0) is 15.0. The van der Waals surface area contributed by atoms with Crippen LogP contribution in [0, 0.1) is 13.8 Å². The smallest absolute Gasteiger partial charge is 0.357 e. The number of rotatable bonds is 2. The molecule has 106 valence electrons. The molecule has 0 fully saturated rings. The van der Waals surface area contributed by atoms with E-state index < -0.39 is 0 Å². The normalized spacial score (nSPS) is 10.8. The topological polar surface area (TPSA) is 44.1 Å². The number of nitrogens with zero attached hydrogens (tertiary/aromatic N) is 2. The summed E-state index contributed by atoms with van der Waals surface area (Å²) in [6, 6.07) is 13.7. The number of hydrogen-bond donors (Lipinski definition) is 0. The van der Waals surface area contributed by atoms with E-state index in [0.717, 1.165) is 27.7 Å². The lowest BCUT2D eigenvalue weighted by Gasteiger charge is -2.06. The highest BCUT2D eigenvalue weighted by Gasteiger charge is 2.20. The Balaban J connectivity index is 2.33. The molecule has 2 aromatic carbocycles. The number of carbonyl (C=O) groups is 1. The Morgan fingerprint density at radius 2 is 1.86 bits per heavy atom. The highest BCUT2D eigenvalue weighted by atomic mass is 16.5. The van der Waals surface area contributed by atoms with E-state index in [0.29, 0.717) is 5.69 Å². The summed E-state index contributed by atoms with van der Waals surface area (Å²) in [4.78, 5) is 12.2. The minimum atomic E-state index is -0.386. The van der Waals surface area contributed by atoms with Crippen LogP contribution in [-0.2, 0) is 4.74 Å². The second-order valence-corrected chi connectivity index (χ2v) is 5.11. The molecule has 3 rings (SSSR count). The van der Waals surface area contributed by atoms with E-state index in [4.69, 9.17) is 4.74 Å². The Morgan fingerprint density at radius 3 is 2.57 bits per heavy atom. The van der Waals surface area contributed by atoms with Gasteiger partial charge >= 0.3 is 5.97 Å². The first kappa shape index (κ1) is 13.4. The van der Waals surface area contributed by atoms with Crippen molar-refractivity contribution in [1.29, 1.82) is 0 Å². The van der Waals surface area contributed by atoms with E-state index in [9.17, 15) is 4.79 Å². The van der Waals surface area contributed by atoms with Crippen molar-refractivity contribution in [2.75, 3.05) is 7.11 Å². The molecular formula is C17H16N2O2. The molecule has 0 saturated heterocycles. The van der Waals surface area contributed by atoms with Gasteiger partial charge in [0.2, 0.25) is 0 Å². The molecule has 0 unspecified atom stereocenters. The monoisotopic (exact) mass is 280 g/mol. The first-order valence-corrected chi connectivity index (χ1v) is 6.75. The van der Waals surface area contributed by atoms with E-state index >= 15 is 0 Å². The maximum atomic E-state index is 12.2. The van der Waals surface area contributed by atoms with Gasteiger partial charge in [-0.05, 0) is 43.2 Å². The SMILES string of the molecule is COC(=O)c1c2ccc(C)cc2nn1-c1cccc(C)c1. The third-order valence-corrected chi connectivity index (χ3v) is 3.45. The standard InChI is InChI=1S/C17H16N2O2/c1-11-5-4-6-13(9-11)19-16(17(20)21-3)14-8-7-12(2)10-15(14)18-19/h4-10H,1-3H3. The Hall–Kier alpha value is -2.62. The number of hydrogen-bond acceptors (Lipinski definition) is 3. The third-order valence-electron chi connectivity index (χ3n) is 3.45. The minimum absolute atomic E-state index is 0.386. The Labute approximate surface area is 123 Å². The summed E-state index contributed by atoms with van der Waals surface area (Å²) in [5.74, 6) is -0.386. The number of carbonyl (C=O) groups excluding carboxylic acids is 1. The van der Waals surface area contributed by atoms with Crippen LogP contribution in [0.5, 0.6) is 0 Å². The van der Waals surface area contributed by atoms with Crippen molar-refractivity contribution in [2.45, 2.75) is 13.8 Å². The van der Waals surface area contributed by atoms with E-state index in [1.807, 2.05) is 56.3 Å². The molecule has 0 spiro atoms. The molecule has 4 heteroatoms. The van der Waals surface area contributed by atoms with Crippen molar-refractivity contribution in [1.82, 2.24) is 9.78 Å². The van der Waals surface area contributed by atoms with Crippen LogP contribution in [-0.4, -0.2) is 22.9 Å². The van der Waals surface area contributed by atoms with Crippen molar-refractivity contribution >= 4 is 16.9 Å². The number of benzene rings is 2. The number of methoxy groups -OCH3 is 1. The van der Waals surface area contributed by atoms with Gasteiger partial charge in [0.15, 0.2) is 5.69 Å². The van der Waals surface area contributed by atoms with Crippen LogP contribution in [0.4, 0.5) is 0 Å². The molecule has 21 heavy (non-hydrogen) atoms. The van der Waals surface area contributed by atoms with Crippen LogP contribution < -0.4 is 0 Å². The van der Waals surface area contributed by atoms with Gasteiger partial charge in [-0.15, -0.1) is 0 Å². The number of esters is 1. The van der Waals surface area contributed by atoms with Crippen LogP contribution in [0.1, 0.15) is 21.6 Å². The largest absolute Gasteiger partial charge is 0.464 e. The average molecular weight is 280 g/mol. The van der Waals surface area contributed by atoms with Gasteiger partial charge in [-0.1, -0.05) is 24.3 Å². The Kier molecular flexibility index (Phi) is 3.22. The third kappa shape index (κ3) is 2.29. The summed E-state index contributed by atoms with van der Waals surface area (Å²) >= 11 is 0. The Bertz CT molecular complexity index is 834. The summed E-state index contributed by atoms with van der Waals surface area (Å²) in [5.41, 5.74) is 4.31. The van der Waals surface area contributed by atoms with Crippen molar-refractivity contribution in [2.24, 2.45) is 0 Å². The Morgan fingerprint density at radius 1 is 1.10 bits per heavy atom. The molecule has 1 aromatic heterocycles. The zero-order valence-electron chi connectivity index (χ0n) is 12.3. The first-order valence-electron chi connectivity index (χ1n) is 6.75. The van der Waals surface area contributed by atoms with Crippen molar-refractivity contribution in [3.05, 3.63) is 59.3 Å². The van der Waals surface area contributed by atoms with Crippen LogP contribution in [0.25, 0.3) is 16.6 Å². The van der Waals surface area contributed by atoms with E-state index in [-0.39, 0.29) is 5.97 Å². The molecular weight excluding hydrogens is 264 g/mol. The molecule has 0 bridgehead atoms. The van der Waals surface area contributed by atoms with Gasteiger partial charge in [0.05, 0.1) is 18.3 Å². The number of aromatic nitrogens is 2. The summed E-state index contributed by atoms with van der Waals surface area (Å²) in [6.45, 7) is 4.01. The van der Waals surface area contributed by atoms with Gasteiger partial charge in [0, 0.05) is 5.39 Å². The summed E-state index contributed by atoms with van der Waals surface area (Å²) in [7, 11) is 1.38. The van der Waals surface area contributed by atoms with Crippen molar-refractivity contribution in [3.8, 4) is 5.69 Å². The van der Waals surface area contributed by atoms with E-state index in [2.05, 4.69) is 5.10 Å². The quantitative estimate of drug-likeness (QED) is 0.675. The summed E-state index contributed by atoms with van der Waals surface area (Å²) in [6.07, 6.45) is 0. The molecule has 0 aliphatic carbocycles. The number of aryl methyl sites for hydroxylation is 2. The molecule has 0 aliphatic rings. The van der Waals surface area contributed by atoms with Crippen LogP contribution in [0.3, 0.4) is 0 Å². The maximum absolute atomic E-state index is 12.2. The fourth-order valence-electron chi connectivity index (χ4n) is 2.44. The fraction of sp³-hybridized carbons (Fsp3) is 0.176. The van der Waals surface area contributed by atoms with Crippen molar-refractivity contribution in [3.63, 3.8) is 0 Å². The van der Waals surface area contributed by atoms with Gasteiger partial charge < -0.3 is 4.74 Å². The molecule has 3 aromatic rings. The van der Waals surface area contributed by atoms with Gasteiger partial charge in [-0.2, -0.15) is 5.10 Å². The summed E-state index contributed by atoms with van der Waals surface area (Å²) in [5, 5.41) is 5.37. The van der Waals surface area contributed by atoms with E-state index in [1.54, 1.807) is 4.68 Å². The van der Waals surface area contributed by atoms with Crippen LogP contribution >= 0.6 is 0 Å². The van der Waals surface area contributed by atoms with Crippen LogP contribution in [0.15, 0.2) is 42.5 Å². The second-order valence-electron chi connectivity index (χ2n) is 5.11. The molecule has 0 amide bonds. The maximum Gasteiger partial charge on any atom is 0.357 e. The van der Waals surface area contributed by atoms with Gasteiger partial charge in [-0.25, -0.2) is 9.48 Å². The van der Waals surface area contributed by atoms with Gasteiger partial charge in [-0.3, -0.25) is 0 Å². The average Bonchev–Trinajstić information content (AvgIpc) is 2.84. The highest BCUT2D eigenvalue weighted by Crippen LogP contribution is 2.24. The van der Waals surface area contributed by atoms with E-state index in [1.165, 1.54) is 7.11 Å². The molecule has 0 aliphatic heterocycles.